The maximum atomic E-state index is 12.3. The summed E-state index contributed by atoms with van der Waals surface area (Å²) < 4.78 is 5.27. The predicted molar refractivity (Wildman–Crippen MR) is 66.9 cm³/mol. The van der Waals surface area contributed by atoms with Crippen molar-refractivity contribution in [3.63, 3.8) is 0 Å². The van der Waals surface area contributed by atoms with Crippen molar-refractivity contribution in [2.75, 3.05) is 13.1 Å². The van der Waals surface area contributed by atoms with Crippen LogP contribution in [0.4, 0.5) is 4.79 Å². The van der Waals surface area contributed by atoms with Crippen molar-refractivity contribution in [3.05, 3.63) is 0 Å². The summed E-state index contributed by atoms with van der Waals surface area (Å²) in [6, 6.07) is 1.69. The van der Waals surface area contributed by atoms with E-state index in [1.165, 1.54) is 0 Å². The van der Waals surface area contributed by atoms with Crippen molar-refractivity contribution >= 4 is 12.0 Å². The van der Waals surface area contributed by atoms with Crippen LogP contribution < -0.4 is 5.32 Å². The third kappa shape index (κ3) is 2.56. The average Bonchev–Trinajstić information content (AvgIpc) is 2.81. The lowest BCUT2D eigenvalue weighted by Gasteiger charge is -2.28. The first kappa shape index (κ1) is 13.8. The molecule has 2 aliphatic heterocycles. The number of amides is 2. The highest BCUT2D eigenvalue weighted by molar-refractivity contribution is 5.96. The molecular formula is C13H19N3O3. The Bertz CT molecular complexity index is 435. The molecule has 6 nitrogen and oxygen atoms in total. The van der Waals surface area contributed by atoms with Gasteiger partial charge in [0.1, 0.15) is 5.60 Å². The Morgan fingerprint density at radius 1 is 1.53 bits per heavy atom. The van der Waals surface area contributed by atoms with E-state index in [1.54, 1.807) is 20.8 Å². The van der Waals surface area contributed by atoms with E-state index in [0.717, 1.165) is 4.90 Å². The van der Waals surface area contributed by atoms with Gasteiger partial charge in [0.2, 0.25) is 5.91 Å². The number of rotatable bonds is 1. The van der Waals surface area contributed by atoms with E-state index in [0.29, 0.717) is 13.1 Å². The minimum absolute atomic E-state index is 0.0275. The molecule has 2 rings (SSSR count). The van der Waals surface area contributed by atoms with Crippen molar-refractivity contribution < 1.29 is 14.3 Å². The topological polar surface area (TPSA) is 82.4 Å². The summed E-state index contributed by atoms with van der Waals surface area (Å²) in [5.41, 5.74) is -0.648. The van der Waals surface area contributed by atoms with E-state index in [4.69, 9.17) is 10.00 Å². The van der Waals surface area contributed by atoms with Crippen molar-refractivity contribution in [2.45, 2.75) is 38.8 Å². The summed E-state index contributed by atoms with van der Waals surface area (Å²) in [6.07, 6.45) is -0.472. The van der Waals surface area contributed by atoms with E-state index in [1.807, 2.05) is 0 Å². The molecule has 0 aliphatic carbocycles. The lowest BCUT2D eigenvalue weighted by atomic mass is 9.92. The summed E-state index contributed by atoms with van der Waals surface area (Å²) >= 11 is 0. The van der Waals surface area contributed by atoms with Gasteiger partial charge in [0.25, 0.3) is 0 Å². The Kier molecular flexibility index (Phi) is 3.50. The lowest BCUT2D eigenvalue weighted by Crippen LogP contribution is -2.45. The fourth-order valence-electron chi connectivity index (χ4n) is 2.78. The molecule has 0 spiro atoms. The van der Waals surface area contributed by atoms with E-state index >= 15 is 0 Å². The van der Waals surface area contributed by atoms with Crippen molar-refractivity contribution in [3.8, 4) is 6.07 Å². The zero-order chi connectivity index (χ0) is 14.2. The van der Waals surface area contributed by atoms with Crippen LogP contribution in [0.15, 0.2) is 0 Å². The Hall–Kier alpha value is -1.61. The van der Waals surface area contributed by atoms with Crippen molar-refractivity contribution in [1.82, 2.24) is 10.2 Å². The summed E-state index contributed by atoms with van der Waals surface area (Å²) in [5.74, 6) is -0.393. The molecule has 3 atom stereocenters. The normalized spacial score (nSPS) is 30.1. The number of hydrogen-bond donors (Lipinski definition) is 1. The molecule has 0 aromatic rings. The van der Waals surface area contributed by atoms with Gasteiger partial charge in [-0.15, -0.1) is 0 Å². The van der Waals surface area contributed by atoms with Crippen molar-refractivity contribution in [1.29, 1.82) is 5.26 Å². The van der Waals surface area contributed by atoms with E-state index in [2.05, 4.69) is 11.4 Å². The molecule has 0 saturated carbocycles. The van der Waals surface area contributed by atoms with Gasteiger partial charge >= 0.3 is 6.09 Å². The van der Waals surface area contributed by atoms with Crippen LogP contribution in [0, 0.1) is 23.2 Å². The van der Waals surface area contributed by atoms with Gasteiger partial charge in [-0.2, -0.15) is 5.26 Å². The van der Waals surface area contributed by atoms with Gasteiger partial charge in [-0.1, -0.05) is 0 Å². The Morgan fingerprint density at radius 2 is 2.21 bits per heavy atom. The van der Waals surface area contributed by atoms with Crippen LogP contribution in [0.1, 0.15) is 27.2 Å². The van der Waals surface area contributed by atoms with E-state index < -0.39 is 11.7 Å². The third-order valence-electron chi connectivity index (χ3n) is 3.53. The van der Waals surface area contributed by atoms with Gasteiger partial charge in [0, 0.05) is 19.0 Å². The van der Waals surface area contributed by atoms with Crippen LogP contribution >= 0.6 is 0 Å². The molecule has 0 aromatic carbocycles. The number of carbonyl (C=O) groups is 2. The highest BCUT2D eigenvalue weighted by Crippen LogP contribution is 2.36. The smallest absolute Gasteiger partial charge is 0.417 e. The van der Waals surface area contributed by atoms with Crippen molar-refractivity contribution in [2.24, 2.45) is 11.8 Å². The fourth-order valence-corrected chi connectivity index (χ4v) is 2.78. The number of fused-ring (bicyclic) bond motifs is 1. The molecule has 2 heterocycles. The molecule has 0 bridgehead atoms. The molecule has 6 heteroatoms. The molecule has 2 fully saturated rings. The highest BCUT2D eigenvalue weighted by atomic mass is 16.6. The average molecular weight is 265 g/mol. The fraction of sp³-hybridized carbons (Fsp3) is 0.769. The molecule has 2 amide bonds. The Labute approximate surface area is 112 Å². The first-order valence-corrected chi connectivity index (χ1v) is 6.49. The Morgan fingerprint density at radius 3 is 2.79 bits per heavy atom. The maximum Gasteiger partial charge on any atom is 0.417 e. The number of nitriles is 1. The second-order valence-corrected chi connectivity index (χ2v) is 6.05. The number of likely N-dealkylation sites (tertiary alicyclic amines) is 1. The number of hydrogen-bond acceptors (Lipinski definition) is 5. The summed E-state index contributed by atoms with van der Waals surface area (Å²) in [6.45, 7) is 6.51. The van der Waals surface area contributed by atoms with Gasteiger partial charge < -0.3 is 10.1 Å². The second kappa shape index (κ2) is 4.82. The van der Waals surface area contributed by atoms with Gasteiger partial charge in [-0.05, 0) is 20.8 Å². The maximum absolute atomic E-state index is 12.3. The number of ether oxygens (including phenoxy) is 1. The highest BCUT2D eigenvalue weighted by Gasteiger charge is 2.53. The monoisotopic (exact) mass is 265 g/mol. The molecule has 0 unspecified atom stereocenters. The van der Waals surface area contributed by atoms with Crippen LogP contribution in [-0.2, 0) is 9.53 Å². The van der Waals surface area contributed by atoms with E-state index in [-0.39, 0.29) is 30.2 Å². The minimum Gasteiger partial charge on any atom is -0.443 e. The molecule has 19 heavy (non-hydrogen) atoms. The Balaban J connectivity index is 2.20. The van der Waals surface area contributed by atoms with Crippen LogP contribution in [0.2, 0.25) is 0 Å². The predicted octanol–water partition coefficient (Wildman–Crippen LogP) is 0.882. The van der Waals surface area contributed by atoms with Gasteiger partial charge in [0.15, 0.2) is 0 Å². The summed E-state index contributed by atoms with van der Waals surface area (Å²) in [4.78, 5) is 25.6. The zero-order valence-electron chi connectivity index (χ0n) is 11.5. The number of carbonyl (C=O) groups excluding carboxylic acids is 2. The number of imide groups is 1. The minimum atomic E-state index is -0.648. The second-order valence-electron chi connectivity index (χ2n) is 6.05. The summed E-state index contributed by atoms with van der Waals surface area (Å²) in [7, 11) is 0. The molecule has 0 radical (unpaired) electrons. The third-order valence-corrected chi connectivity index (χ3v) is 3.53. The molecule has 2 aliphatic rings. The first-order chi connectivity index (χ1) is 8.85. The van der Waals surface area contributed by atoms with Gasteiger partial charge in [-0.25, -0.2) is 9.69 Å². The summed E-state index contributed by atoms with van der Waals surface area (Å²) in [5, 5.41) is 12.0. The lowest BCUT2D eigenvalue weighted by molar-refractivity contribution is -0.130. The largest absolute Gasteiger partial charge is 0.443 e. The number of nitrogens with zero attached hydrogens (tertiary/aromatic N) is 2. The molecular weight excluding hydrogens is 246 g/mol. The zero-order valence-corrected chi connectivity index (χ0v) is 11.5. The van der Waals surface area contributed by atoms with Crippen LogP contribution in [0.3, 0.4) is 0 Å². The first-order valence-electron chi connectivity index (χ1n) is 6.49. The van der Waals surface area contributed by atoms with Gasteiger partial charge in [-0.3, -0.25) is 4.79 Å². The SMILES string of the molecule is CC(C)(C)OC(=O)N1C(=O)[C@@H]2CNC[C@@H]2[C@H]1CC#N. The van der Waals surface area contributed by atoms with Gasteiger partial charge in [0.05, 0.1) is 24.4 Å². The molecule has 0 aromatic heterocycles. The van der Waals surface area contributed by atoms with Crippen LogP contribution in [-0.4, -0.2) is 41.6 Å². The van der Waals surface area contributed by atoms with Crippen LogP contribution in [0.25, 0.3) is 0 Å². The molecule has 104 valence electrons. The van der Waals surface area contributed by atoms with Crippen LogP contribution in [0.5, 0.6) is 0 Å². The quantitative estimate of drug-likeness (QED) is 0.761. The number of nitrogens with one attached hydrogen (secondary N) is 1. The van der Waals surface area contributed by atoms with E-state index in [9.17, 15) is 9.59 Å². The standard InChI is InChI=1S/C13H19N3O3/c1-13(2,3)19-12(18)16-10(4-5-14)8-6-15-7-9(8)11(16)17/h8-10,15H,4,6-7H2,1-3H3/t8-,9+,10+/m0/s1. The molecule has 1 N–H and O–H groups in total. The molecule has 2 saturated heterocycles.